The molecule has 3 aromatic rings. The van der Waals surface area contributed by atoms with E-state index in [1.165, 1.54) is 6.07 Å². The highest BCUT2D eigenvalue weighted by molar-refractivity contribution is 5.85. The SMILES string of the molecule is O=Cc1cccn2cc(-c3cccc(C(F)(F)F)c3)nc12. The molecule has 0 aliphatic heterocycles. The number of aldehydes is 1. The normalized spacial score (nSPS) is 11.8. The third-order valence-corrected chi connectivity index (χ3v) is 3.13. The zero-order chi connectivity index (χ0) is 15.0. The largest absolute Gasteiger partial charge is 0.416 e. The van der Waals surface area contributed by atoms with E-state index >= 15 is 0 Å². The molecule has 0 saturated heterocycles. The van der Waals surface area contributed by atoms with Gasteiger partial charge >= 0.3 is 6.18 Å². The number of alkyl halides is 3. The lowest BCUT2D eigenvalue weighted by molar-refractivity contribution is -0.137. The average Bonchev–Trinajstić information content (AvgIpc) is 2.90. The van der Waals surface area contributed by atoms with E-state index in [4.69, 9.17) is 0 Å². The van der Waals surface area contributed by atoms with Gasteiger partial charge in [0.15, 0.2) is 6.29 Å². The van der Waals surface area contributed by atoms with Gasteiger partial charge in [0, 0.05) is 18.0 Å². The summed E-state index contributed by atoms with van der Waals surface area (Å²) in [6.07, 6.45) is -0.453. The highest BCUT2D eigenvalue weighted by Gasteiger charge is 2.30. The summed E-state index contributed by atoms with van der Waals surface area (Å²) in [6, 6.07) is 8.22. The fraction of sp³-hybridized carbons (Fsp3) is 0.0667. The Hall–Kier alpha value is -2.63. The van der Waals surface area contributed by atoms with Crippen molar-refractivity contribution in [3.8, 4) is 11.3 Å². The van der Waals surface area contributed by atoms with E-state index < -0.39 is 11.7 Å². The van der Waals surface area contributed by atoms with Crippen molar-refractivity contribution >= 4 is 11.9 Å². The summed E-state index contributed by atoms with van der Waals surface area (Å²) in [5.74, 6) is 0. The first-order valence-electron chi connectivity index (χ1n) is 6.09. The summed E-state index contributed by atoms with van der Waals surface area (Å²) in [7, 11) is 0. The molecule has 106 valence electrons. The minimum Gasteiger partial charge on any atom is -0.306 e. The van der Waals surface area contributed by atoms with Crippen molar-refractivity contribution in [2.24, 2.45) is 0 Å². The Morgan fingerprint density at radius 3 is 2.67 bits per heavy atom. The highest BCUT2D eigenvalue weighted by atomic mass is 19.4. The molecule has 0 spiro atoms. The first kappa shape index (κ1) is 13.4. The van der Waals surface area contributed by atoms with E-state index in [2.05, 4.69) is 4.98 Å². The van der Waals surface area contributed by atoms with E-state index in [0.29, 0.717) is 28.8 Å². The Morgan fingerprint density at radius 2 is 1.95 bits per heavy atom. The Bertz CT molecular complexity index is 821. The molecule has 0 aliphatic carbocycles. The van der Waals surface area contributed by atoms with Crippen LogP contribution in [0.3, 0.4) is 0 Å². The number of nitrogens with zero attached hydrogens (tertiary/aromatic N) is 2. The molecule has 0 unspecified atom stereocenters. The number of hydrogen-bond acceptors (Lipinski definition) is 2. The van der Waals surface area contributed by atoms with Crippen LogP contribution in [0.25, 0.3) is 16.9 Å². The van der Waals surface area contributed by atoms with Crippen molar-refractivity contribution in [2.45, 2.75) is 6.18 Å². The lowest BCUT2D eigenvalue weighted by atomic mass is 10.1. The Kier molecular flexibility index (Phi) is 3.01. The number of pyridine rings is 1. The number of benzene rings is 1. The van der Waals surface area contributed by atoms with Crippen LogP contribution in [0.4, 0.5) is 13.2 Å². The summed E-state index contributed by atoms with van der Waals surface area (Å²) < 4.78 is 39.8. The molecule has 0 saturated carbocycles. The summed E-state index contributed by atoms with van der Waals surface area (Å²) in [4.78, 5) is 15.2. The van der Waals surface area contributed by atoms with Gasteiger partial charge in [0.1, 0.15) is 5.65 Å². The topological polar surface area (TPSA) is 34.4 Å². The van der Waals surface area contributed by atoms with Gasteiger partial charge in [-0.1, -0.05) is 12.1 Å². The van der Waals surface area contributed by atoms with Crippen LogP contribution in [0.2, 0.25) is 0 Å². The van der Waals surface area contributed by atoms with Gasteiger partial charge in [0.2, 0.25) is 0 Å². The van der Waals surface area contributed by atoms with E-state index in [1.54, 1.807) is 35.0 Å². The third kappa shape index (κ3) is 2.40. The number of rotatable bonds is 2. The van der Waals surface area contributed by atoms with E-state index in [-0.39, 0.29) is 0 Å². The number of halogens is 3. The van der Waals surface area contributed by atoms with E-state index in [9.17, 15) is 18.0 Å². The lowest BCUT2D eigenvalue weighted by Crippen LogP contribution is -2.04. The van der Waals surface area contributed by atoms with Crippen LogP contribution in [-0.4, -0.2) is 15.7 Å². The Balaban J connectivity index is 2.15. The van der Waals surface area contributed by atoms with Crippen LogP contribution >= 0.6 is 0 Å². The third-order valence-electron chi connectivity index (χ3n) is 3.13. The maximum atomic E-state index is 12.7. The zero-order valence-corrected chi connectivity index (χ0v) is 10.6. The van der Waals surface area contributed by atoms with Gasteiger partial charge in [0.05, 0.1) is 16.8 Å². The molecule has 0 bridgehead atoms. The Morgan fingerprint density at radius 1 is 1.14 bits per heavy atom. The molecule has 1 aromatic carbocycles. The molecule has 3 rings (SSSR count). The van der Waals surface area contributed by atoms with E-state index in [0.717, 1.165) is 12.1 Å². The second kappa shape index (κ2) is 4.73. The summed E-state index contributed by atoms with van der Waals surface area (Å²) >= 11 is 0. The number of aromatic nitrogens is 2. The van der Waals surface area contributed by atoms with Crippen LogP contribution in [0.5, 0.6) is 0 Å². The van der Waals surface area contributed by atoms with Gasteiger partial charge in [-0.15, -0.1) is 0 Å². The maximum absolute atomic E-state index is 12.7. The number of carbonyl (C=O) groups excluding carboxylic acids is 1. The predicted molar refractivity (Wildman–Crippen MR) is 71.0 cm³/mol. The second-order valence-corrected chi connectivity index (χ2v) is 4.52. The molecule has 2 heterocycles. The quantitative estimate of drug-likeness (QED) is 0.672. The fourth-order valence-corrected chi connectivity index (χ4v) is 2.12. The van der Waals surface area contributed by atoms with Crippen LogP contribution in [0.1, 0.15) is 15.9 Å². The minimum atomic E-state index is -4.40. The molecule has 2 aromatic heterocycles. The molecule has 0 radical (unpaired) electrons. The van der Waals surface area contributed by atoms with Gasteiger partial charge < -0.3 is 4.40 Å². The Labute approximate surface area is 117 Å². The molecular formula is C15H9F3N2O. The molecule has 0 aliphatic rings. The van der Waals surface area contributed by atoms with Gasteiger partial charge in [-0.3, -0.25) is 4.79 Å². The van der Waals surface area contributed by atoms with Crippen molar-refractivity contribution in [2.75, 3.05) is 0 Å². The number of hydrogen-bond donors (Lipinski definition) is 0. The molecule has 3 nitrogen and oxygen atoms in total. The van der Waals surface area contributed by atoms with Gasteiger partial charge in [-0.25, -0.2) is 4.98 Å². The van der Waals surface area contributed by atoms with Crippen LogP contribution in [-0.2, 0) is 6.18 Å². The van der Waals surface area contributed by atoms with Crippen molar-refractivity contribution in [1.82, 2.24) is 9.38 Å². The summed E-state index contributed by atoms with van der Waals surface area (Å²) in [5, 5.41) is 0. The molecule has 0 N–H and O–H groups in total. The summed E-state index contributed by atoms with van der Waals surface area (Å²) in [5.41, 5.74) is 0.809. The summed E-state index contributed by atoms with van der Waals surface area (Å²) in [6.45, 7) is 0. The monoisotopic (exact) mass is 290 g/mol. The number of fused-ring (bicyclic) bond motifs is 1. The molecule has 6 heteroatoms. The molecule has 21 heavy (non-hydrogen) atoms. The highest BCUT2D eigenvalue weighted by Crippen LogP contribution is 2.32. The first-order valence-corrected chi connectivity index (χ1v) is 6.09. The molecule has 0 fully saturated rings. The van der Waals surface area contributed by atoms with Crippen molar-refractivity contribution in [1.29, 1.82) is 0 Å². The maximum Gasteiger partial charge on any atom is 0.416 e. The predicted octanol–water partition coefficient (Wildman–Crippen LogP) is 3.83. The zero-order valence-electron chi connectivity index (χ0n) is 10.6. The van der Waals surface area contributed by atoms with Crippen molar-refractivity contribution < 1.29 is 18.0 Å². The fourth-order valence-electron chi connectivity index (χ4n) is 2.12. The van der Waals surface area contributed by atoms with Crippen molar-refractivity contribution in [3.05, 3.63) is 59.9 Å². The first-order chi connectivity index (χ1) is 9.99. The van der Waals surface area contributed by atoms with Gasteiger partial charge in [-0.05, 0) is 24.3 Å². The molecular weight excluding hydrogens is 281 g/mol. The average molecular weight is 290 g/mol. The molecule has 0 amide bonds. The smallest absolute Gasteiger partial charge is 0.306 e. The number of imidazole rings is 1. The van der Waals surface area contributed by atoms with Gasteiger partial charge in [0.25, 0.3) is 0 Å². The number of carbonyl (C=O) groups is 1. The second-order valence-electron chi connectivity index (χ2n) is 4.52. The molecule has 0 atom stereocenters. The minimum absolute atomic E-state index is 0.352. The van der Waals surface area contributed by atoms with Crippen LogP contribution in [0, 0.1) is 0 Å². The van der Waals surface area contributed by atoms with E-state index in [1.807, 2.05) is 0 Å². The van der Waals surface area contributed by atoms with Crippen LogP contribution < -0.4 is 0 Å². The lowest BCUT2D eigenvalue weighted by Gasteiger charge is -2.07. The van der Waals surface area contributed by atoms with Crippen LogP contribution in [0.15, 0.2) is 48.8 Å². The van der Waals surface area contributed by atoms with Crippen molar-refractivity contribution in [3.63, 3.8) is 0 Å². The standard InChI is InChI=1S/C15H9F3N2O/c16-15(17,18)12-5-1-3-10(7-12)13-8-20-6-2-4-11(9-21)14(20)19-13/h1-9H. The van der Waals surface area contributed by atoms with Gasteiger partial charge in [-0.2, -0.15) is 13.2 Å².